The van der Waals surface area contributed by atoms with Crippen molar-refractivity contribution < 1.29 is 33.6 Å². The molecule has 2 bridgehead atoms. The SMILES string of the molecule is COc1c([C@@H](O)CC(C)C)ccc2c1C(=O)OCc1c(Cl)c(C)c(Br)c(OC(=O)[C@@]3(C)C[C@@H]4C=C[C@H]3C4)c1O2. The topological polar surface area (TPSA) is 91.3 Å². The lowest BCUT2D eigenvalue weighted by Gasteiger charge is -2.30. The molecule has 2 aromatic carbocycles. The Bertz CT molecular complexity index is 1380. The molecule has 1 heterocycles. The minimum atomic E-state index is -0.852. The van der Waals surface area contributed by atoms with Crippen LogP contribution in [0.3, 0.4) is 0 Å². The van der Waals surface area contributed by atoms with E-state index in [9.17, 15) is 14.7 Å². The summed E-state index contributed by atoms with van der Waals surface area (Å²) >= 11 is 10.3. The zero-order valence-corrected chi connectivity index (χ0v) is 24.9. The standard InChI is InChI=1S/C30H32BrClO7/c1-14(2)10-20(33)18-8-9-21-22(25(18)36-5)28(34)37-13-19-24(32)15(3)23(31)27(26(19)38-21)39-29(35)30(4)12-16-6-7-17(30)11-16/h6-9,14,16-17,20,33H,10-13H2,1-5H3/t16-,17+,20+,30+/m1/s1. The molecule has 0 spiro atoms. The maximum atomic E-state index is 13.6. The quantitative estimate of drug-likeness (QED) is 0.204. The van der Waals surface area contributed by atoms with Crippen molar-refractivity contribution in [3.05, 3.63) is 56.0 Å². The van der Waals surface area contributed by atoms with E-state index in [1.165, 1.54) is 7.11 Å². The number of hydrogen-bond donors (Lipinski definition) is 1. The highest BCUT2D eigenvalue weighted by molar-refractivity contribution is 9.10. The number of fused-ring (bicyclic) bond motifs is 4. The van der Waals surface area contributed by atoms with Gasteiger partial charge in [0.05, 0.1) is 33.7 Å². The lowest BCUT2D eigenvalue weighted by atomic mass is 9.78. The van der Waals surface area contributed by atoms with Crippen LogP contribution in [0.25, 0.3) is 0 Å². The highest BCUT2D eigenvalue weighted by atomic mass is 79.9. The number of carbonyl (C=O) groups excluding carboxylic acids is 2. The minimum Gasteiger partial charge on any atom is -0.495 e. The van der Waals surface area contributed by atoms with E-state index in [4.69, 9.17) is 30.5 Å². The Morgan fingerprint density at radius 1 is 1.28 bits per heavy atom. The van der Waals surface area contributed by atoms with Crippen molar-refractivity contribution in [1.82, 2.24) is 0 Å². The summed E-state index contributed by atoms with van der Waals surface area (Å²) in [5, 5.41) is 11.2. The van der Waals surface area contributed by atoms with Gasteiger partial charge in [0.1, 0.15) is 23.7 Å². The molecule has 2 aromatic rings. The highest BCUT2D eigenvalue weighted by Gasteiger charge is 2.51. The van der Waals surface area contributed by atoms with Crippen LogP contribution in [0.2, 0.25) is 5.02 Å². The van der Waals surface area contributed by atoms with Crippen LogP contribution in [0.15, 0.2) is 28.8 Å². The molecule has 208 valence electrons. The van der Waals surface area contributed by atoms with E-state index in [1.807, 2.05) is 20.8 Å². The first-order valence-electron chi connectivity index (χ1n) is 13.1. The molecule has 0 aromatic heterocycles. The van der Waals surface area contributed by atoms with Crippen molar-refractivity contribution in [2.24, 2.45) is 23.2 Å². The number of aliphatic hydroxyl groups is 1. The van der Waals surface area contributed by atoms with Gasteiger partial charge in [0.25, 0.3) is 0 Å². The summed E-state index contributed by atoms with van der Waals surface area (Å²) in [7, 11) is 1.43. The highest BCUT2D eigenvalue weighted by Crippen LogP contribution is 2.55. The van der Waals surface area contributed by atoms with Crippen LogP contribution >= 0.6 is 27.5 Å². The van der Waals surface area contributed by atoms with Gasteiger partial charge in [-0.25, -0.2) is 4.79 Å². The molecule has 0 saturated heterocycles. The van der Waals surface area contributed by atoms with Gasteiger partial charge in [-0.15, -0.1) is 0 Å². The van der Waals surface area contributed by atoms with Gasteiger partial charge in [0.15, 0.2) is 11.5 Å². The Hall–Kier alpha value is -2.55. The number of allylic oxidation sites excluding steroid dienone is 2. The second-order valence-corrected chi connectivity index (χ2v) is 12.4. The second-order valence-electron chi connectivity index (χ2n) is 11.3. The summed E-state index contributed by atoms with van der Waals surface area (Å²) in [6, 6.07) is 3.25. The fourth-order valence-corrected chi connectivity index (χ4v) is 6.74. The number of carbonyl (C=O) groups is 2. The molecule has 1 aliphatic heterocycles. The Balaban J connectivity index is 1.61. The van der Waals surface area contributed by atoms with Gasteiger partial charge >= 0.3 is 11.9 Å². The van der Waals surface area contributed by atoms with E-state index in [2.05, 4.69) is 28.1 Å². The molecule has 7 nitrogen and oxygen atoms in total. The molecule has 4 atom stereocenters. The molecule has 1 N–H and O–H groups in total. The second kappa shape index (κ2) is 10.5. The predicted octanol–water partition coefficient (Wildman–Crippen LogP) is 7.47. The normalized spacial score (nSPS) is 23.9. The number of ether oxygens (including phenoxy) is 4. The Morgan fingerprint density at radius 3 is 2.64 bits per heavy atom. The van der Waals surface area contributed by atoms with Crippen LogP contribution in [-0.4, -0.2) is 24.2 Å². The van der Waals surface area contributed by atoms with E-state index < -0.39 is 17.5 Å². The van der Waals surface area contributed by atoms with Crippen LogP contribution in [0.4, 0.5) is 0 Å². The van der Waals surface area contributed by atoms with Gasteiger partial charge < -0.3 is 24.1 Å². The summed E-state index contributed by atoms with van der Waals surface area (Å²) in [6.45, 7) is 7.51. The van der Waals surface area contributed by atoms with Crippen molar-refractivity contribution in [3.8, 4) is 23.0 Å². The third kappa shape index (κ3) is 4.74. The summed E-state index contributed by atoms with van der Waals surface area (Å²) < 4.78 is 24.2. The van der Waals surface area contributed by atoms with Gasteiger partial charge in [0, 0.05) is 5.56 Å². The fraction of sp³-hybridized carbons (Fsp3) is 0.467. The molecule has 5 rings (SSSR count). The third-order valence-electron chi connectivity index (χ3n) is 8.11. The maximum absolute atomic E-state index is 13.6. The van der Waals surface area contributed by atoms with Crippen molar-refractivity contribution in [2.45, 2.75) is 59.7 Å². The number of halogens is 2. The van der Waals surface area contributed by atoms with E-state index in [0.717, 1.165) is 12.8 Å². The van der Waals surface area contributed by atoms with Crippen LogP contribution in [0.1, 0.15) is 73.2 Å². The Morgan fingerprint density at radius 2 is 2.03 bits per heavy atom. The van der Waals surface area contributed by atoms with Crippen molar-refractivity contribution >= 4 is 39.5 Å². The van der Waals surface area contributed by atoms with E-state index in [-0.39, 0.29) is 53.0 Å². The average molecular weight is 620 g/mol. The third-order valence-corrected chi connectivity index (χ3v) is 9.58. The zero-order chi connectivity index (χ0) is 28.2. The molecule has 3 aliphatic rings. The summed E-state index contributed by atoms with van der Waals surface area (Å²) in [4.78, 5) is 26.9. The summed E-state index contributed by atoms with van der Waals surface area (Å²) in [5.74, 6) is 0.345. The maximum Gasteiger partial charge on any atom is 0.346 e. The number of hydrogen-bond acceptors (Lipinski definition) is 7. The molecule has 2 aliphatic carbocycles. The first-order chi connectivity index (χ1) is 18.5. The molecular formula is C30H32BrClO7. The first-order valence-corrected chi connectivity index (χ1v) is 14.3. The monoisotopic (exact) mass is 618 g/mol. The molecule has 0 unspecified atom stereocenters. The van der Waals surface area contributed by atoms with Crippen molar-refractivity contribution in [2.75, 3.05) is 7.11 Å². The number of methoxy groups -OCH3 is 1. The molecule has 0 radical (unpaired) electrons. The molecule has 0 amide bonds. The fourth-order valence-electron chi connectivity index (χ4n) is 5.93. The van der Waals surface area contributed by atoms with Crippen molar-refractivity contribution in [1.29, 1.82) is 0 Å². The van der Waals surface area contributed by atoms with Gasteiger partial charge in [-0.05, 0) is 84.5 Å². The molecule has 1 fully saturated rings. The molecular weight excluding hydrogens is 588 g/mol. The lowest BCUT2D eigenvalue weighted by Crippen LogP contribution is -2.35. The summed E-state index contributed by atoms with van der Waals surface area (Å²) in [6.07, 6.45) is 5.56. The van der Waals surface area contributed by atoms with Crippen LogP contribution in [-0.2, 0) is 16.1 Å². The average Bonchev–Trinajstić information content (AvgIpc) is 3.48. The number of esters is 2. The van der Waals surface area contributed by atoms with E-state index in [0.29, 0.717) is 38.5 Å². The van der Waals surface area contributed by atoms with Gasteiger partial charge in [-0.3, -0.25) is 4.79 Å². The smallest absolute Gasteiger partial charge is 0.346 e. The van der Waals surface area contributed by atoms with Crippen molar-refractivity contribution in [3.63, 3.8) is 0 Å². The zero-order valence-electron chi connectivity index (χ0n) is 22.6. The summed E-state index contributed by atoms with van der Waals surface area (Å²) in [5.41, 5.74) is 0.856. The van der Waals surface area contributed by atoms with Gasteiger partial charge in [-0.2, -0.15) is 0 Å². The molecule has 39 heavy (non-hydrogen) atoms. The Kier molecular flexibility index (Phi) is 7.50. The molecule has 9 heteroatoms. The van der Waals surface area contributed by atoms with E-state index in [1.54, 1.807) is 19.1 Å². The van der Waals surface area contributed by atoms with Crippen LogP contribution in [0.5, 0.6) is 23.0 Å². The van der Waals surface area contributed by atoms with Crippen LogP contribution in [0, 0.1) is 30.1 Å². The number of aliphatic hydroxyl groups excluding tert-OH is 1. The minimum absolute atomic E-state index is 0.0405. The largest absolute Gasteiger partial charge is 0.495 e. The first kappa shape index (κ1) is 28.0. The van der Waals surface area contributed by atoms with Gasteiger partial charge in [-0.1, -0.05) is 37.6 Å². The van der Waals surface area contributed by atoms with Crippen LogP contribution < -0.4 is 14.2 Å². The predicted molar refractivity (Wildman–Crippen MR) is 150 cm³/mol. The van der Waals surface area contributed by atoms with Gasteiger partial charge in [0.2, 0.25) is 0 Å². The Labute approximate surface area is 241 Å². The lowest BCUT2D eigenvalue weighted by molar-refractivity contribution is -0.146. The number of rotatable bonds is 6. The molecule has 1 saturated carbocycles. The van der Waals surface area contributed by atoms with E-state index >= 15 is 0 Å². The number of benzene rings is 2. The number of cyclic esters (lactones) is 1.